The van der Waals surface area contributed by atoms with Crippen molar-refractivity contribution in [2.75, 3.05) is 6.61 Å². The van der Waals surface area contributed by atoms with Crippen LogP contribution in [0, 0.1) is 5.41 Å². The molecule has 0 amide bonds. The smallest absolute Gasteiger partial charge is 0.508 e. The zero-order valence-electron chi connectivity index (χ0n) is 34.0. The van der Waals surface area contributed by atoms with Crippen LogP contribution in [0.1, 0.15) is 163 Å². The lowest BCUT2D eigenvalue weighted by molar-refractivity contribution is 0.203. The van der Waals surface area contributed by atoms with Gasteiger partial charge in [0.05, 0.1) is 6.61 Å². The molecule has 0 atom stereocenters. The number of rotatable bonds is 5. The summed E-state index contributed by atoms with van der Waals surface area (Å²) in [7, 11) is -4.17. The van der Waals surface area contributed by atoms with Gasteiger partial charge in [-0.3, -0.25) is 4.52 Å². The minimum absolute atomic E-state index is 0.0976. The van der Waals surface area contributed by atoms with Crippen LogP contribution in [0.2, 0.25) is 0 Å². The van der Waals surface area contributed by atoms with Crippen molar-refractivity contribution in [3.63, 3.8) is 0 Å². The molecule has 50 heavy (non-hydrogen) atoms. The van der Waals surface area contributed by atoms with Gasteiger partial charge in [0.15, 0.2) is 0 Å². The summed E-state index contributed by atoms with van der Waals surface area (Å²) in [4.78, 5) is 0. The molecule has 0 spiro atoms. The van der Waals surface area contributed by atoms with E-state index in [1.54, 1.807) is 0 Å². The molecule has 2 aromatic rings. The van der Waals surface area contributed by atoms with Gasteiger partial charge in [0.25, 0.3) is 0 Å². The number of aliphatic hydroxyl groups excluding tert-OH is 1. The quantitative estimate of drug-likeness (QED) is 0.248. The van der Waals surface area contributed by atoms with Crippen LogP contribution in [0.4, 0.5) is 0 Å². The minimum atomic E-state index is -4.17. The van der Waals surface area contributed by atoms with Gasteiger partial charge in [0.1, 0.15) is 17.3 Å². The molecule has 0 radical (unpaired) electrons. The Hall–Kier alpha value is -2.75. The fourth-order valence-corrected chi connectivity index (χ4v) is 7.83. The van der Waals surface area contributed by atoms with Crippen LogP contribution in [0.5, 0.6) is 11.5 Å². The first-order valence-electron chi connectivity index (χ1n) is 18.4. The van der Waals surface area contributed by atoms with Crippen LogP contribution in [0.3, 0.4) is 0 Å². The van der Waals surface area contributed by atoms with Gasteiger partial charge >= 0.3 is 7.82 Å². The lowest BCUT2D eigenvalue weighted by Crippen LogP contribution is -2.23. The number of benzene rings is 2. The van der Waals surface area contributed by atoms with Gasteiger partial charge in [0, 0.05) is 17.5 Å². The van der Waals surface area contributed by atoms with E-state index in [0.717, 1.165) is 39.0 Å². The first kappa shape index (κ1) is 40.0. The highest BCUT2D eigenvalue weighted by atomic mass is 31.2. The highest BCUT2D eigenvalue weighted by Gasteiger charge is 2.40. The molecule has 0 bridgehead atoms. The zero-order valence-corrected chi connectivity index (χ0v) is 34.9. The van der Waals surface area contributed by atoms with Gasteiger partial charge in [-0.2, -0.15) is 0 Å². The summed E-state index contributed by atoms with van der Waals surface area (Å²) in [5.74, 6) is 1.57. The van der Waals surface area contributed by atoms with Gasteiger partial charge in [-0.05, 0) is 86.7 Å². The van der Waals surface area contributed by atoms with Crippen LogP contribution < -0.4 is 9.05 Å². The number of hydrogen-bond donors (Lipinski definition) is 1. The summed E-state index contributed by atoms with van der Waals surface area (Å²) in [6.07, 6.45) is 6.87. The Kier molecular flexibility index (Phi) is 10.9. The lowest BCUT2D eigenvalue weighted by atomic mass is 9.76. The molecule has 0 aromatic heterocycles. The van der Waals surface area contributed by atoms with E-state index in [0.29, 0.717) is 42.9 Å². The van der Waals surface area contributed by atoms with Gasteiger partial charge in [-0.15, -0.1) is 0 Å². The van der Waals surface area contributed by atoms with E-state index in [-0.39, 0.29) is 33.7 Å². The van der Waals surface area contributed by atoms with E-state index in [1.165, 1.54) is 11.1 Å². The van der Waals surface area contributed by atoms with Crippen LogP contribution in [-0.2, 0) is 37.2 Å². The molecule has 1 aliphatic heterocycles. The predicted octanol–water partition coefficient (Wildman–Crippen LogP) is 13.3. The van der Waals surface area contributed by atoms with Crippen molar-refractivity contribution < 1.29 is 23.2 Å². The summed E-state index contributed by atoms with van der Waals surface area (Å²) < 4.78 is 34.6. The minimum Gasteiger partial charge on any atom is -0.508 e. The monoisotopic (exact) mass is 704 g/mol. The van der Waals surface area contributed by atoms with Crippen LogP contribution in [0.15, 0.2) is 58.9 Å². The van der Waals surface area contributed by atoms with Gasteiger partial charge in [-0.1, -0.05) is 146 Å². The Labute approximate surface area is 304 Å². The lowest BCUT2D eigenvalue weighted by Gasteiger charge is -2.34. The molecule has 6 heteroatoms. The Morgan fingerprint density at radius 2 is 1.16 bits per heavy atom. The Morgan fingerprint density at radius 1 is 0.700 bits per heavy atom. The fourth-order valence-electron chi connectivity index (χ4n) is 6.46. The maximum absolute atomic E-state index is 15.1. The summed E-state index contributed by atoms with van der Waals surface area (Å²) in [5.41, 5.74) is 8.44. The second-order valence-corrected chi connectivity index (χ2v) is 21.2. The molecule has 2 aromatic carbocycles. The van der Waals surface area contributed by atoms with E-state index in [1.807, 2.05) is 6.92 Å². The molecule has 0 unspecified atom stereocenters. The molecular weight excluding hydrogens is 639 g/mol. The Bertz CT molecular complexity index is 1660. The van der Waals surface area contributed by atoms with Gasteiger partial charge < -0.3 is 14.2 Å². The molecule has 5 nitrogen and oxygen atoms in total. The maximum Gasteiger partial charge on any atom is 0.587 e. The SMILES string of the molecule is CC1=C(O)C(C(C)(C)C)=CC(CCCOP2(=O)Oc3c(cc(C(C)(C)C)cc3C(C)(C)C)Cc3cc(C(C)(C)C)cc(C(C)(C)C)c3O2)=CC1. The van der Waals surface area contributed by atoms with Gasteiger partial charge in [-0.25, -0.2) is 4.57 Å². The fraction of sp³-hybridized carbons (Fsp3) is 0.591. The molecule has 1 heterocycles. The molecule has 2 aliphatic rings. The third-order valence-electron chi connectivity index (χ3n) is 9.79. The largest absolute Gasteiger partial charge is 0.587 e. The number of phosphoric ester groups is 1. The van der Waals surface area contributed by atoms with Crippen molar-refractivity contribution in [3.05, 3.63) is 92.3 Å². The van der Waals surface area contributed by atoms with E-state index >= 15 is 4.57 Å². The van der Waals surface area contributed by atoms with Crippen molar-refractivity contribution in [2.45, 2.75) is 158 Å². The van der Waals surface area contributed by atoms with Crippen LogP contribution in [0.25, 0.3) is 0 Å². The average Bonchev–Trinajstić information content (AvgIpc) is 3.07. The van der Waals surface area contributed by atoms with E-state index in [9.17, 15) is 5.11 Å². The topological polar surface area (TPSA) is 65.0 Å². The summed E-state index contributed by atoms with van der Waals surface area (Å²) >= 11 is 0. The number of hydrogen-bond acceptors (Lipinski definition) is 5. The van der Waals surface area contributed by atoms with Crippen molar-refractivity contribution in [3.8, 4) is 11.5 Å². The van der Waals surface area contributed by atoms with E-state index in [4.69, 9.17) is 13.6 Å². The summed E-state index contributed by atoms with van der Waals surface area (Å²) in [6.45, 7) is 34.9. The zero-order chi connectivity index (χ0) is 37.8. The van der Waals surface area contributed by atoms with Crippen molar-refractivity contribution in [1.29, 1.82) is 0 Å². The molecule has 1 aliphatic carbocycles. The first-order valence-corrected chi connectivity index (χ1v) is 19.9. The molecule has 276 valence electrons. The number of fused-ring (bicyclic) bond motifs is 2. The highest BCUT2D eigenvalue weighted by Crippen LogP contribution is 2.57. The predicted molar refractivity (Wildman–Crippen MR) is 210 cm³/mol. The maximum atomic E-state index is 15.1. The molecule has 0 saturated carbocycles. The second kappa shape index (κ2) is 13.7. The van der Waals surface area contributed by atoms with Crippen molar-refractivity contribution >= 4 is 7.82 Å². The summed E-state index contributed by atoms with van der Waals surface area (Å²) in [6, 6.07) is 8.88. The highest BCUT2D eigenvalue weighted by molar-refractivity contribution is 7.49. The summed E-state index contributed by atoms with van der Waals surface area (Å²) in [5, 5.41) is 10.9. The van der Waals surface area contributed by atoms with Gasteiger partial charge in [0.2, 0.25) is 0 Å². The van der Waals surface area contributed by atoms with Crippen LogP contribution >= 0.6 is 7.82 Å². The van der Waals surface area contributed by atoms with E-state index < -0.39 is 7.82 Å². The van der Waals surface area contributed by atoms with E-state index in [2.05, 4.69) is 140 Å². The number of phosphoric acid groups is 1. The standard InChI is InChI=1S/C44H65O5P/c1-28-19-20-29(22-34(37(28)45)42(8,9)10)18-17-21-47-50(46)48-38-30(24-32(40(2,3)4)26-35(38)43(11,12)13)23-31-25-33(41(5,6)7)27-36(39(31)49-50)44(14,15)16/h20,22,24-27,45H,17-19,21,23H2,1-16H3. The van der Waals surface area contributed by atoms with Crippen LogP contribution in [-0.4, -0.2) is 11.7 Å². The third-order valence-corrected chi connectivity index (χ3v) is 11.1. The number of allylic oxidation sites excluding steroid dienone is 5. The van der Waals surface area contributed by atoms with Crippen molar-refractivity contribution in [2.24, 2.45) is 5.41 Å². The Balaban J connectivity index is 1.83. The molecule has 1 N–H and O–H groups in total. The average molecular weight is 705 g/mol. The molecule has 0 saturated heterocycles. The van der Waals surface area contributed by atoms with Crippen molar-refractivity contribution in [1.82, 2.24) is 0 Å². The Morgan fingerprint density at radius 3 is 1.56 bits per heavy atom. The normalized spacial score (nSPS) is 17.4. The molecule has 0 fully saturated rings. The first-order chi connectivity index (χ1) is 22.6. The third kappa shape index (κ3) is 9.18. The number of aliphatic hydroxyl groups is 1. The molecule has 4 rings (SSSR count). The second-order valence-electron chi connectivity index (χ2n) is 19.7. The molecular formula is C44H65O5P.